The summed E-state index contributed by atoms with van der Waals surface area (Å²) in [4.78, 5) is 23.5. The van der Waals surface area contributed by atoms with Crippen molar-refractivity contribution in [3.63, 3.8) is 0 Å². The lowest BCUT2D eigenvalue weighted by atomic mass is 10.1. The molecule has 0 spiro atoms. The number of methoxy groups -OCH3 is 1. The Balaban J connectivity index is 2.69. The minimum absolute atomic E-state index is 0.0707. The van der Waals surface area contributed by atoms with Gasteiger partial charge in [0.1, 0.15) is 17.4 Å². The van der Waals surface area contributed by atoms with Crippen molar-refractivity contribution in [2.45, 2.75) is 19.8 Å². The first kappa shape index (κ1) is 12.4. The molecule has 0 saturated carbocycles. The van der Waals surface area contributed by atoms with Crippen LogP contribution < -0.4 is 5.43 Å². The van der Waals surface area contributed by atoms with Crippen LogP contribution in [0, 0.1) is 0 Å². The topological polar surface area (TPSA) is 56.5 Å². The number of fused-ring (bicyclic) bond motifs is 1. The molecule has 2 aromatic rings. The predicted octanol–water partition coefficient (Wildman–Crippen LogP) is 2.53. The van der Waals surface area contributed by atoms with Crippen LogP contribution in [0.1, 0.15) is 29.3 Å². The summed E-state index contributed by atoms with van der Waals surface area (Å²) in [6, 6.07) is 5.38. The second kappa shape index (κ2) is 5.04. The van der Waals surface area contributed by atoms with Gasteiger partial charge in [-0.05, 0) is 18.1 Å². The SMILES string of the molecule is CCCc1cccc2c(=O)c(C(=O)OC)coc12. The number of benzene rings is 1. The first-order valence-corrected chi connectivity index (χ1v) is 5.80. The fourth-order valence-electron chi connectivity index (χ4n) is 1.94. The summed E-state index contributed by atoms with van der Waals surface area (Å²) in [5, 5.41) is 0.420. The van der Waals surface area contributed by atoms with E-state index in [0.29, 0.717) is 11.0 Å². The summed E-state index contributed by atoms with van der Waals surface area (Å²) in [6.07, 6.45) is 2.97. The van der Waals surface area contributed by atoms with Crippen molar-refractivity contribution < 1.29 is 13.9 Å². The number of hydrogen-bond donors (Lipinski definition) is 0. The number of carbonyl (C=O) groups excluding carboxylic acids is 1. The minimum Gasteiger partial charge on any atom is -0.465 e. The van der Waals surface area contributed by atoms with Gasteiger partial charge in [0.2, 0.25) is 5.43 Å². The van der Waals surface area contributed by atoms with Crippen LogP contribution in [0.2, 0.25) is 0 Å². The van der Waals surface area contributed by atoms with Crippen molar-refractivity contribution in [1.82, 2.24) is 0 Å². The average Bonchev–Trinajstić information content (AvgIpc) is 2.39. The minimum atomic E-state index is -0.674. The fraction of sp³-hybridized carbons (Fsp3) is 0.286. The van der Waals surface area contributed by atoms with Gasteiger partial charge in [-0.1, -0.05) is 25.5 Å². The van der Waals surface area contributed by atoms with Crippen molar-refractivity contribution in [3.05, 3.63) is 45.8 Å². The second-order valence-electron chi connectivity index (χ2n) is 4.01. The van der Waals surface area contributed by atoms with Crippen LogP contribution in [0.3, 0.4) is 0 Å². The molecule has 0 aliphatic rings. The zero-order chi connectivity index (χ0) is 13.1. The summed E-state index contributed by atoms with van der Waals surface area (Å²) in [7, 11) is 1.24. The number of aryl methyl sites for hydroxylation is 1. The summed E-state index contributed by atoms with van der Waals surface area (Å²) in [6.45, 7) is 2.06. The third-order valence-electron chi connectivity index (χ3n) is 2.81. The van der Waals surface area contributed by atoms with Gasteiger partial charge in [-0.25, -0.2) is 4.79 Å². The molecule has 18 heavy (non-hydrogen) atoms. The normalized spacial score (nSPS) is 10.6. The van der Waals surface area contributed by atoms with Crippen molar-refractivity contribution in [2.24, 2.45) is 0 Å². The van der Waals surface area contributed by atoms with E-state index >= 15 is 0 Å². The Bertz CT molecular complexity index is 640. The Morgan fingerprint density at radius 1 is 1.39 bits per heavy atom. The Morgan fingerprint density at radius 3 is 2.83 bits per heavy atom. The highest BCUT2D eigenvalue weighted by molar-refractivity contribution is 5.93. The molecule has 94 valence electrons. The molecule has 0 saturated heterocycles. The summed E-state index contributed by atoms with van der Waals surface area (Å²) >= 11 is 0. The third-order valence-corrected chi connectivity index (χ3v) is 2.81. The van der Waals surface area contributed by atoms with Gasteiger partial charge in [-0.3, -0.25) is 4.79 Å². The van der Waals surface area contributed by atoms with E-state index in [1.807, 2.05) is 6.07 Å². The van der Waals surface area contributed by atoms with E-state index in [1.54, 1.807) is 12.1 Å². The quantitative estimate of drug-likeness (QED) is 0.781. The Hall–Kier alpha value is -2.10. The molecule has 0 bridgehead atoms. The molecule has 0 radical (unpaired) electrons. The number of carbonyl (C=O) groups is 1. The maximum Gasteiger partial charge on any atom is 0.345 e. The lowest BCUT2D eigenvalue weighted by Gasteiger charge is -2.05. The Labute approximate surface area is 104 Å². The Kier molecular flexibility index (Phi) is 3.46. The molecule has 1 aromatic carbocycles. The van der Waals surface area contributed by atoms with Crippen LogP contribution in [-0.4, -0.2) is 13.1 Å². The summed E-state index contributed by atoms with van der Waals surface area (Å²) in [5.74, 6) is -0.674. The van der Waals surface area contributed by atoms with Crippen LogP contribution in [0.4, 0.5) is 0 Å². The molecule has 0 aliphatic heterocycles. The highest BCUT2D eigenvalue weighted by Gasteiger charge is 2.15. The lowest BCUT2D eigenvalue weighted by Crippen LogP contribution is -2.16. The van der Waals surface area contributed by atoms with Gasteiger partial charge in [0.15, 0.2) is 0 Å². The molecule has 1 heterocycles. The maximum absolute atomic E-state index is 12.1. The number of para-hydroxylation sites is 1. The monoisotopic (exact) mass is 246 g/mol. The predicted molar refractivity (Wildman–Crippen MR) is 67.8 cm³/mol. The highest BCUT2D eigenvalue weighted by atomic mass is 16.5. The van der Waals surface area contributed by atoms with Gasteiger partial charge in [-0.15, -0.1) is 0 Å². The zero-order valence-corrected chi connectivity index (χ0v) is 10.4. The van der Waals surface area contributed by atoms with E-state index in [9.17, 15) is 9.59 Å². The van der Waals surface area contributed by atoms with Crippen molar-refractivity contribution in [2.75, 3.05) is 7.11 Å². The number of ether oxygens (including phenoxy) is 1. The van der Waals surface area contributed by atoms with Crippen LogP contribution in [0.25, 0.3) is 11.0 Å². The molecular weight excluding hydrogens is 232 g/mol. The molecule has 0 atom stereocenters. The molecule has 0 aliphatic carbocycles. The van der Waals surface area contributed by atoms with Gasteiger partial charge in [0, 0.05) is 0 Å². The summed E-state index contributed by atoms with van der Waals surface area (Å²) in [5.41, 5.74) is 1.11. The van der Waals surface area contributed by atoms with Crippen molar-refractivity contribution >= 4 is 16.9 Å². The molecule has 4 nitrogen and oxygen atoms in total. The molecule has 0 unspecified atom stereocenters. The molecule has 1 aromatic heterocycles. The van der Waals surface area contributed by atoms with Crippen LogP contribution in [0.15, 0.2) is 33.7 Å². The van der Waals surface area contributed by atoms with Crippen LogP contribution in [-0.2, 0) is 11.2 Å². The van der Waals surface area contributed by atoms with E-state index in [4.69, 9.17) is 4.42 Å². The standard InChI is InChI=1S/C14H14O4/c1-3-5-9-6-4-7-10-12(15)11(14(16)17-2)8-18-13(9)10/h4,6-8H,3,5H2,1-2H3. The third kappa shape index (κ3) is 2.01. The van der Waals surface area contributed by atoms with Gasteiger partial charge in [0.25, 0.3) is 0 Å². The van der Waals surface area contributed by atoms with Gasteiger partial charge < -0.3 is 9.15 Å². The average molecular weight is 246 g/mol. The molecule has 0 amide bonds. The van der Waals surface area contributed by atoms with Gasteiger partial charge in [-0.2, -0.15) is 0 Å². The van der Waals surface area contributed by atoms with Crippen LogP contribution in [0.5, 0.6) is 0 Å². The first-order chi connectivity index (χ1) is 8.69. The largest absolute Gasteiger partial charge is 0.465 e. The molecule has 2 rings (SSSR count). The molecule has 0 fully saturated rings. The summed E-state index contributed by atoms with van der Waals surface area (Å²) < 4.78 is 9.97. The fourth-order valence-corrected chi connectivity index (χ4v) is 1.94. The van der Waals surface area contributed by atoms with Gasteiger partial charge in [0.05, 0.1) is 12.5 Å². The first-order valence-electron chi connectivity index (χ1n) is 5.80. The van der Waals surface area contributed by atoms with Crippen molar-refractivity contribution in [1.29, 1.82) is 0 Å². The number of rotatable bonds is 3. The van der Waals surface area contributed by atoms with E-state index in [0.717, 1.165) is 18.4 Å². The maximum atomic E-state index is 12.1. The number of hydrogen-bond acceptors (Lipinski definition) is 4. The van der Waals surface area contributed by atoms with E-state index < -0.39 is 5.97 Å². The zero-order valence-electron chi connectivity index (χ0n) is 10.4. The van der Waals surface area contributed by atoms with Crippen LogP contribution >= 0.6 is 0 Å². The van der Waals surface area contributed by atoms with E-state index in [-0.39, 0.29) is 11.0 Å². The lowest BCUT2D eigenvalue weighted by molar-refractivity contribution is 0.0597. The highest BCUT2D eigenvalue weighted by Crippen LogP contribution is 2.18. The molecular formula is C14H14O4. The van der Waals surface area contributed by atoms with E-state index in [1.165, 1.54) is 13.4 Å². The van der Waals surface area contributed by atoms with Crippen molar-refractivity contribution in [3.8, 4) is 0 Å². The van der Waals surface area contributed by atoms with E-state index in [2.05, 4.69) is 11.7 Å². The molecule has 4 heteroatoms. The molecule has 0 N–H and O–H groups in total. The Morgan fingerprint density at radius 2 is 2.17 bits per heavy atom. The van der Waals surface area contributed by atoms with Gasteiger partial charge >= 0.3 is 5.97 Å². The number of esters is 1. The second-order valence-corrected chi connectivity index (χ2v) is 4.01. The smallest absolute Gasteiger partial charge is 0.345 e.